The average molecular weight is 390 g/mol. The van der Waals surface area contributed by atoms with Gasteiger partial charge in [-0.2, -0.15) is 0 Å². The lowest BCUT2D eigenvalue weighted by Crippen LogP contribution is -2.40. The maximum absolute atomic E-state index is 13.0. The molecule has 2 aromatic carbocycles. The van der Waals surface area contributed by atoms with Crippen LogP contribution in [0.1, 0.15) is 23.7 Å². The number of hydrogen-bond acceptors (Lipinski definition) is 4. The normalized spacial score (nSPS) is 14.4. The second-order valence-corrected chi connectivity index (χ2v) is 8.39. The Morgan fingerprint density at radius 1 is 1.04 bits per heavy atom. The van der Waals surface area contributed by atoms with Gasteiger partial charge in [0.15, 0.2) is 5.16 Å². The molecular formula is C23H23N3OS. The summed E-state index contributed by atoms with van der Waals surface area (Å²) in [6.45, 7) is 5.36. The van der Waals surface area contributed by atoms with Gasteiger partial charge in [0.25, 0.3) is 0 Å². The van der Waals surface area contributed by atoms with Crippen LogP contribution in [0.2, 0.25) is 0 Å². The Balaban J connectivity index is 1.48. The fourth-order valence-corrected chi connectivity index (χ4v) is 4.41. The van der Waals surface area contributed by atoms with E-state index in [1.165, 1.54) is 22.9 Å². The molecule has 0 aliphatic carbocycles. The summed E-state index contributed by atoms with van der Waals surface area (Å²) in [7, 11) is 0. The number of benzene rings is 2. The number of amides is 1. The Hall–Kier alpha value is -2.66. The number of fused-ring (bicyclic) bond motifs is 1. The van der Waals surface area contributed by atoms with Crippen molar-refractivity contribution in [3.8, 4) is 11.3 Å². The first-order valence-electron chi connectivity index (χ1n) is 9.53. The molecule has 2 heterocycles. The van der Waals surface area contributed by atoms with Crippen molar-refractivity contribution in [2.45, 2.75) is 37.2 Å². The van der Waals surface area contributed by atoms with Gasteiger partial charge in [0.05, 0.1) is 10.9 Å². The molecule has 0 spiro atoms. The molecule has 0 saturated carbocycles. The minimum absolute atomic E-state index is 0.144. The summed E-state index contributed by atoms with van der Waals surface area (Å²) >= 11 is 1.44. The van der Waals surface area contributed by atoms with Gasteiger partial charge in [0.2, 0.25) is 5.91 Å². The number of carbonyl (C=O) groups is 1. The van der Waals surface area contributed by atoms with Crippen molar-refractivity contribution < 1.29 is 4.79 Å². The molecule has 0 bridgehead atoms. The highest BCUT2D eigenvalue weighted by molar-refractivity contribution is 8.00. The zero-order valence-corrected chi connectivity index (χ0v) is 16.9. The predicted molar refractivity (Wildman–Crippen MR) is 113 cm³/mol. The Morgan fingerprint density at radius 3 is 2.54 bits per heavy atom. The largest absolute Gasteiger partial charge is 0.337 e. The molecule has 1 aromatic heterocycles. The number of thioether (sulfide) groups is 1. The summed E-state index contributed by atoms with van der Waals surface area (Å²) in [4.78, 5) is 24.2. The zero-order chi connectivity index (χ0) is 19.5. The molecule has 4 nitrogen and oxygen atoms in total. The smallest absolute Gasteiger partial charge is 0.236 e. The van der Waals surface area contributed by atoms with Crippen molar-refractivity contribution in [2.75, 3.05) is 6.54 Å². The van der Waals surface area contributed by atoms with Crippen LogP contribution in [0.5, 0.6) is 0 Å². The topological polar surface area (TPSA) is 46.1 Å². The van der Waals surface area contributed by atoms with Crippen LogP contribution in [0.25, 0.3) is 11.3 Å². The molecule has 1 atom stereocenters. The molecule has 0 radical (unpaired) electrons. The minimum atomic E-state index is -0.226. The van der Waals surface area contributed by atoms with Crippen molar-refractivity contribution in [3.05, 3.63) is 77.5 Å². The molecule has 28 heavy (non-hydrogen) atoms. The standard InChI is InChI=1S/C23H23N3OS/c1-16-14-21(19-9-4-3-5-10-19)25-23(24-16)28-17(2)22(27)26-13-12-18-8-6-7-11-20(18)15-26/h3-11,14,17H,12-13,15H2,1-2H3/t17-/m0/s1. The fraction of sp³-hybridized carbons (Fsp3) is 0.261. The van der Waals surface area contributed by atoms with E-state index in [-0.39, 0.29) is 11.2 Å². The van der Waals surface area contributed by atoms with Crippen LogP contribution in [-0.2, 0) is 17.8 Å². The Labute approximate surface area is 170 Å². The van der Waals surface area contributed by atoms with Crippen molar-refractivity contribution >= 4 is 17.7 Å². The van der Waals surface area contributed by atoms with Gasteiger partial charge < -0.3 is 4.90 Å². The molecular weight excluding hydrogens is 366 g/mol. The number of aromatic nitrogens is 2. The molecule has 4 rings (SSSR count). The average Bonchev–Trinajstić information content (AvgIpc) is 2.73. The third kappa shape index (κ3) is 4.09. The van der Waals surface area contributed by atoms with Crippen molar-refractivity contribution in [1.29, 1.82) is 0 Å². The minimum Gasteiger partial charge on any atom is -0.337 e. The summed E-state index contributed by atoms with van der Waals surface area (Å²) in [5.41, 5.74) is 5.45. The summed E-state index contributed by atoms with van der Waals surface area (Å²) in [5, 5.41) is 0.424. The van der Waals surface area contributed by atoms with Gasteiger partial charge in [-0.25, -0.2) is 9.97 Å². The van der Waals surface area contributed by atoms with Crippen LogP contribution in [0.4, 0.5) is 0 Å². The highest BCUT2D eigenvalue weighted by Gasteiger charge is 2.26. The van der Waals surface area contributed by atoms with E-state index in [1.807, 2.05) is 61.2 Å². The van der Waals surface area contributed by atoms with E-state index < -0.39 is 0 Å². The van der Waals surface area contributed by atoms with E-state index in [0.717, 1.165) is 29.9 Å². The van der Waals surface area contributed by atoms with Gasteiger partial charge in [0.1, 0.15) is 0 Å². The molecule has 0 fully saturated rings. The van der Waals surface area contributed by atoms with Crippen LogP contribution in [0, 0.1) is 6.92 Å². The molecule has 5 heteroatoms. The van der Waals surface area contributed by atoms with Crippen LogP contribution >= 0.6 is 11.8 Å². The summed E-state index contributed by atoms with van der Waals surface area (Å²) < 4.78 is 0. The summed E-state index contributed by atoms with van der Waals surface area (Å²) in [6.07, 6.45) is 0.915. The van der Waals surface area contributed by atoms with E-state index >= 15 is 0 Å². The number of aryl methyl sites for hydroxylation is 1. The SMILES string of the molecule is Cc1cc(-c2ccccc2)nc(S[C@@H](C)C(=O)N2CCc3ccccc3C2)n1. The molecule has 0 unspecified atom stereocenters. The molecule has 142 valence electrons. The predicted octanol–water partition coefficient (Wildman–Crippen LogP) is 4.52. The van der Waals surface area contributed by atoms with Crippen LogP contribution < -0.4 is 0 Å². The van der Waals surface area contributed by atoms with Gasteiger partial charge >= 0.3 is 0 Å². The fourth-order valence-electron chi connectivity index (χ4n) is 3.50. The van der Waals surface area contributed by atoms with Gasteiger partial charge in [-0.1, -0.05) is 66.4 Å². The highest BCUT2D eigenvalue weighted by Crippen LogP contribution is 2.27. The van der Waals surface area contributed by atoms with E-state index in [2.05, 4.69) is 28.2 Å². The molecule has 1 aliphatic rings. The maximum atomic E-state index is 13.0. The van der Waals surface area contributed by atoms with E-state index in [1.54, 1.807) is 0 Å². The first kappa shape index (κ1) is 18.7. The van der Waals surface area contributed by atoms with E-state index in [4.69, 9.17) is 0 Å². The quantitative estimate of drug-likeness (QED) is 0.486. The molecule has 0 N–H and O–H groups in total. The van der Waals surface area contributed by atoms with E-state index in [0.29, 0.717) is 11.7 Å². The third-order valence-electron chi connectivity index (χ3n) is 4.98. The van der Waals surface area contributed by atoms with Crippen molar-refractivity contribution in [3.63, 3.8) is 0 Å². The summed E-state index contributed by atoms with van der Waals surface area (Å²) in [5.74, 6) is 0.144. The van der Waals surface area contributed by atoms with Crippen LogP contribution in [-0.4, -0.2) is 32.6 Å². The zero-order valence-electron chi connectivity index (χ0n) is 16.1. The first-order chi connectivity index (χ1) is 13.6. The third-order valence-corrected chi connectivity index (χ3v) is 5.92. The lowest BCUT2D eigenvalue weighted by atomic mass is 10.00. The number of carbonyl (C=O) groups excluding carboxylic acids is 1. The molecule has 1 aliphatic heterocycles. The lowest BCUT2D eigenvalue weighted by Gasteiger charge is -2.30. The van der Waals surface area contributed by atoms with E-state index in [9.17, 15) is 4.79 Å². The summed E-state index contributed by atoms with van der Waals surface area (Å²) in [6, 6.07) is 20.4. The highest BCUT2D eigenvalue weighted by atomic mass is 32.2. The lowest BCUT2D eigenvalue weighted by molar-refractivity contribution is -0.131. The first-order valence-corrected chi connectivity index (χ1v) is 10.4. The molecule has 1 amide bonds. The monoisotopic (exact) mass is 389 g/mol. The maximum Gasteiger partial charge on any atom is 0.236 e. The Bertz CT molecular complexity index is 990. The van der Waals surface area contributed by atoms with Gasteiger partial charge in [0, 0.05) is 24.3 Å². The second kappa shape index (κ2) is 8.15. The number of rotatable bonds is 4. The molecule has 3 aromatic rings. The Kier molecular flexibility index (Phi) is 5.44. The molecule has 0 saturated heterocycles. The van der Waals surface area contributed by atoms with Gasteiger partial charge in [-0.3, -0.25) is 4.79 Å². The Morgan fingerprint density at radius 2 is 1.75 bits per heavy atom. The second-order valence-electron chi connectivity index (χ2n) is 7.08. The number of hydrogen-bond donors (Lipinski definition) is 0. The van der Waals surface area contributed by atoms with Crippen molar-refractivity contribution in [2.24, 2.45) is 0 Å². The van der Waals surface area contributed by atoms with Gasteiger partial charge in [-0.15, -0.1) is 0 Å². The van der Waals surface area contributed by atoms with Gasteiger partial charge in [-0.05, 0) is 37.5 Å². The number of nitrogens with zero attached hydrogens (tertiary/aromatic N) is 3. The van der Waals surface area contributed by atoms with Crippen LogP contribution in [0.3, 0.4) is 0 Å². The van der Waals surface area contributed by atoms with Crippen molar-refractivity contribution in [1.82, 2.24) is 14.9 Å². The van der Waals surface area contributed by atoms with Crippen LogP contribution in [0.15, 0.2) is 65.8 Å².